The molecule has 0 saturated heterocycles. The Morgan fingerprint density at radius 1 is 1.47 bits per heavy atom. The van der Waals surface area contributed by atoms with Gasteiger partial charge >= 0.3 is 6.18 Å². The van der Waals surface area contributed by atoms with Crippen molar-refractivity contribution in [3.05, 3.63) is 11.6 Å². The Kier molecular flexibility index (Phi) is 3.51. The van der Waals surface area contributed by atoms with Gasteiger partial charge in [-0.05, 0) is 6.42 Å². The van der Waals surface area contributed by atoms with Crippen molar-refractivity contribution in [1.29, 1.82) is 0 Å². The summed E-state index contributed by atoms with van der Waals surface area (Å²) < 4.78 is 39.7. The zero-order valence-corrected chi connectivity index (χ0v) is 10.7. The first-order valence-corrected chi connectivity index (χ1v) is 5.98. The van der Waals surface area contributed by atoms with E-state index in [4.69, 9.17) is 0 Å². The number of nitrogens with zero attached hydrogens (tertiary/aromatic N) is 4. The molecule has 19 heavy (non-hydrogen) atoms. The summed E-state index contributed by atoms with van der Waals surface area (Å²) in [4.78, 5) is 12.5. The Balaban J connectivity index is 2.18. The zero-order chi connectivity index (χ0) is 14.2. The second-order valence-corrected chi connectivity index (χ2v) is 4.80. The van der Waals surface area contributed by atoms with E-state index in [0.29, 0.717) is 11.6 Å². The summed E-state index contributed by atoms with van der Waals surface area (Å²) in [6.07, 6.45) is -3.89. The van der Waals surface area contributed by atoms with Gasteiger partial charge in [-0.2, -0.15) is 13.2 Å². The van der Waals surface area contributed by atoms with E-state index in [1.807, 2.05) is 0 Å². The number of aryl methyl sites for hydroxylation is 1. The van der Waals surface area contributed by atoms with E-state index in [2.05, 4.69) is 10.2 Å². The van der Waals surface area contributed by atoms with Crippen LogP contribution < -0.4 is 0 Å². The smallest absolute Gasteiger partial charge is 0.338 e. The molecule has 5 nitrogen and oxygen atoms in total. The van der Waals surface area contributed by atoms with Crippen molar-refractivity contribution in [2.75, 3.05) is 7.05 Å². The Hall–Kier alpha value is -1.60. The first-order valence-electron chi connectivity index (χ1n) is 5.98. The molecule has 0 fully saturated rings. The fourth-order valence-corrected chi connectivity index (χ4v) is 2.09. The molecule has 0 saturated carbocycles. The highest BCUT2D eigenvalue weighted by Gasteiger charge is 2.42. The van der Waals surface area contributed by atoms with E-state index in [-0.39, 0.29) is 31.8 Å². The Morgan fingerprint density at radius 3 is 2.74 bits per heavy atom. The fourth-order valence-electron chi connectivity index (χ4n) is 2.09. The lowest BCUT2D eigenvalue weighted by atomic mass is 9.99. The second kappa shape index (κ2) is 4.82. The van der Waals surface area contributed by atoms with Gasteiger partial charge in [0, 0.05) is 26.9 Å². The first-order chi connectivity index (χ1) is 8.79. The van der Waals surface area contributed by atoms with Crippen LogP contribution in [0.3, 0.4) is 0 Å². The minimum absolute atomic E-state index is 0.0458. The number of halogens is 3. The van der Waals surface area contributed by atoms with E-state index >= 15 is 0 Å². The minimum atomic E-state index is -4.20. The van der Waals surface area contributed by atoms with Gasteiger partial charge in [-0.15, -0.1) is 10.2 Å². The summed E-state index contributed by atoms with van der Waals surface area (Å²) in [5.74, 6) is -0.563. The second-order valence-electron chi connectivity index (χ2n) is 4.80. The van der Waals surface area contributed by atoms with Crippen LogP contribution in [0.2, 0.25) is 0 Å². The van der Waals surface area contributed by atoms with Crippen molar-refractivity contribution in [3.8, 4) is 0 Å². The molecule has 2 heterocycles. The highest BCUT2D eigenvalue weighted by molar-refractivity contribution is 5.72. The maximum absolute atomic E-state index is 12.7. The van der Waals surface area contributed by atoms with Gasteiger partial charge in [-0.3, -0.25) is 4.79 Å². The number of carbonyl (C=O) groups excluding carboxylic acids is 1. The average Bonchev–Trinajstić information content (AvgIpc) is 2.70. The number of alkyl halides is 3. The molecule has 106 valence electrons. The van der Waals surface area contributed by atoms with E-state index in [1.54, 1.807) is 7.05 Å². The number of amides is 1. The normalized spacial score (nSPS) is 19.1. The fraction of sp³-hybridized carbons (Fsp3) is 0.727. The summed E-state index contributed by atoms with van der Waals surface area (Å²) >= 11 is 0. The molecule has 1 atom stereocenters. The van der Waals surface area contributed by atoms with Crippen molar-refractivity contribution in [2.45, 2.75) is 39.0 Å². The van der Waals surface area contributed by atoms with Gasteiger partial charge in [-0.25, -0.2) is 0 Å². The van der Waals surface area contributed by atoms with Crippen LogP contribution in [0.5, 0.6) is 0 Å². The van der Waals surface area contributed by atoms with Crippen molar-refractivity contribution >= 4 is 5.91 Å². The zero-order valence-electron chi connectivity index (χ0n) is 10.7. The molecule has 2 rings (SSSR count). The summed E-state index contributed by atoms with van der Waals surface area (Å²) in [6, 6.07) is 0. The molecule has 0 radical (unpaired) electrons. The van der Waals surface area contributed by atoms with Gasteiger partial charge in [0.1, 0.15) is 5.82 Å². The van der Waals surface area contributed by atoms with E-state index in [0.717, 1.165) is 0 Å². The third kappa shape index (κ3) is 2.87. The molecule has 1 aliphatic heterocycles. The van der Waals surface area contributed by atoms with Crippen LogP contribution in [0.4, 0.5) is 13.2 Å². The summed E-state index contributed by atoms with van der Waals surface area (Å²) in [5, 5.41) is 7.78. The molecule has 0 aromatic carbocycles. The highest BCUT2D eigenvalue weighted by atomic mass is 19.4. The van der Waals surface area contributed by atoms with Crippen LogP contribution in [-0.2, 0) is 24.3 Å². The van der Waals surface area contributed by atoms with Crippen molar-refractivity contribution < 1.29 is 18.0 Å². The number of hydrogen-bond acceptors (Lipinski definition) is 3. The van der Waals surface area contributed by atoms with Crippen LogP contribution in [0, 0.1) is 5.92 Å². The van der Waals surface area contributed by atoms with Gasteiger partial charge < -0.3 is 9.47 Å². The number of aromatic nitrogens is 3. The molecule has 0 spiro atoms. The monoisotopic (exact) mass is 276 g/mol. The molecule has 0 aliphatic carbocycles. The van der Waals surface area contributed by atoms with E-state index in [9.17, 15) is 18.0 Å². The minimum Gasteiger partial charge on any atom is -0.338 e. The molecule has 1 aromatic rings. The van der Waals surface area contributed by atoms with Crippen molar-refractivity contribution in [2.24, 2.45) is 5.92 Å². The Bertz CT molecular complexity index is 483. The molecule has 0 N–H and O–H groups in total. The quantitative estimate of drug-likeness (QED) is 0.820. The first kappa shape index (κ1) is 13.8. The lowest BCUT2D eigenvalue weighted by Gasteiger charge is -2.26. The average molecular weight is 276 g/mol. The van der Waals surface area contributed by atoms with E-state index < -0.39 is 12.1 Å². The van der Waals surface area contributed by atoms with Crippen molar-refractivity contribution in [1.82, 2.24) is 19.7 Å². The molecule has 1 aliphatic rings. The van der Waals surface area contributed by atoms with Crippen LogP contribution in [0.25, 0.3) is 0 Å². The van der Waals surface area contributed by atoms with Crippen LogP contribution in [0.1, 0.15) is 25.0 Å². The predicted octanol–water partition coefficient (Wildman–Crippen LogP) is 1.38. The van der Waals surface area contributed by atoms with Gasteiger partial charge in [0.15, 0.2) is 5.82 Å². The molecule has 1 aromatic heterocycles. The maximum Gasteiger partial charge on any atom is 0.393 e. The van der Waals surface area contributed by atoms with Crippen LogP contribution in [-0.4, -0.2) is 38.8 Å². The summed E-state index contributed by atoms with van der Waals surface area (Å²) in [7, 11) is 1.58. The maximum atomic E-state index is 12.7. The van der Waals surface area contributed by atoms with Crippen LogP contribution in [0.15, 0.2) is 0 Å². The number of hydrogen-bond donors (Lipinski definition) is 0. The lowest BCUT2D eigenvalue weighted by molar-refractivity contribution is -0.182. The SMILES string of the molecule is CC(=O)N(C)Cc1nnc2n1CC(C(F)(F)F)CC2. The topological polar surface area (TPSA) is 51.0 Å². The lowest BCUT2D eigenvalue weighted by Crippen LogP contribution is -2.34. The molecule has 8 heteroatoms. The summed E-state index contributed by atoms with van der Waals surface area (Å²) in [6.45, 7) is 1.41. The number of fused-ring (bicyclic) bond motifs is 1. The van der Waals surface area contributed by atoms with Gasteiger partial charge in [0.2, 0.25) is 5.91 Å². The van der Waals surface area contributed by atoms with Gasteiger partial charge in [0.25, 0.3) is 0 Å². The number of rotatable bonds is 2. The summed E-state index contributed by atoms with van der Waals surface area (Å²) in [5.41, 5.74) is 0. The standard InChI is InChI=1S/C11H15F3N4O/c1-7(19)17(2)6-10-16-15-9-4-3-8(5-18(9)10)11(12,13)14/h8H,3-6H2,1-2H3. The predicted molar refractivity (Wildman–Crippen MR) is 60.0 cm³/mol. The molecule has 1 unspecified atom stereocenters. The van der Waals surface area contributed by atoms with Gasteiger partial charge in [0.05, 0.1) is 12.5 Å². The largest absolute Gasteiger partial charge is 0.393 e. The van der Waals surface area contributed by atoms with Gasteiger partial charge in [-0.1, -0.05) is 0 Å². The third-order valence-electron chi connectivity index (χ3n) is 3.40. The molecule has 1 amide bonds. The van der Waals surface area contributed by atoms with Crippen molar-refractivity contribution in [3.63, 3.8) is 0 Å². The van der Waals surface area contributed by atoms with Crippen LogP contribution >= 0.6 is 0 Å². The number of carbonyl (C=O) groups is 1. The highest BCUT2D eigenvalue weighted by Crippen LogP contribution is 2.34. The third-order valence-corrected chi connectivity index (χ3v) is 3.40. The Morgan fingerprint density at radius 2 is 2.16 bits per heavy atom. The Labute approximate surface area is 108 Å². The molecule has 0 bridgehead atoms. The van der Waals surface area contributed by atoms with E-state index in [1.165, 1.54) is 16.4 Å². The molecular weight excluding hydrogens is 261 g/mol. The molecular formula is C11H15F3N4O.